The second kappa shape index (κ2) is 7.88. The number of hydrogen-bond acceptors (Lipinski definition) is 4. The van der Waals surface area contributed by atoms with Gasteiger partial charge in [0.15, 0.2) is 0 Å². The molecule has 0 saturated heterocycles. The van der Waals surface area contributed by atoms with Crippen molar-refractivity contribution in [3.63, 3.8) is 0 Å². The molecule has 1 aliphatic heterocycles. The van der Waals surface area contributed by atoms with Crippen molar-refractivity contribution in [1.29, 1.82) is 5.26 Å². The van der Waals surface area contributed by atoms with Crippen molar-refractivity contribution >= 4 is 23.1 Å². The van der Waals surface area contributed by atoms with Gasteiger partial charge in [-0.15, -0.1) is 0 Å². The van der Waals surface area contributed by atoms with Crippen LogP contribution in [0, 0.1) is 24.2 Å². The summed E-state index contributed by atoms with van der Waals surface area (Å²) in [5.41, 5.74) is 4.42. The monoisotopic (exact) mass is 411 g/mol. The Balaban J connectivity index is 1.56. The number of aryl methyl sites for hydroxylation is 1. The first kappa shape index (κ1) is 20.6. The lowest BCUT2D eigenvalue weighted by Crippen LogP contribution is -2.25. The Morgan fingerprint density at radius 2 is 2.03 bits per heavy atom. The van der Waals surface area contributed by atoms with Gasteiger partial charge in [0.05, 0.1) is 17.4 Å². The van der Waals surface area contributed by atoms with Gasteiger partial charge in [0.25, 0.3) is 5.91 Å². The lowest BCUT2D eigenvalue weighted by atomic mass is 9.85. The number of amides is 1. The first-order chi connectivity index (χ1) is 14.8. The minimum Gasteiger partial charge on any atom is -0.346 e. The molecule has 1 atom stereocenters. The van der Waals surface area contributed by atoms with Crippen molar-refractivity contribution in [3.8, 4) is 6.07 Å². The topological polar surface area (TPSA) is 73.2 Å². The van der Waals surface area contributed by atoms with Gasteiger partial charge in [-0.1, -0.05) is 30.4 Å². The third-order valence-corrected chi connectivity index (χ3v) is 6.01. The maximum Gasteiger partial charge on any atom is 0.255 e. The maximum absolute atomic E-state index is 12.9. The van der Waals surface area contributed by atoms with Gasteiger partial charge >= 0.3 is 0 Å². The van der Waals surface area contributed by atoms with Crippen LogP contribution in [0.1, 0.15) is 41.8 Å². The van der Waals surface area contributed by atoms with Crippen LogP contribution < -0.4 is 10.2 Å². The third-order valence-electron chi connectivity index (χ3n) is 6.01. The first-order valence-corrected chi connectivity index (χ1v) is 10.4. The number of fused-ring (bicyclic) bond motifs is 1. The van der Waals surface area contributed by atoms with Crippen LogP contribution >= 0.6 is 0 Å². The summed E-state index contributed by atoms with van der Waals surface area (Å²) < 4.78 is 0. The normalized spacial score (nSPS) is 17.7. The van der Waals surface area contributed by atoms with Crippen LogP contribution in [0.4, 0.5) is 11.4 Å². The molecule has 1 unspecified atom stereocenters. The summed E-state index contributed by atoms with van der Waals surface area (Å²) in [5.74, 6) is -0.0515. The number of ketones is 1. The number of carbonyl (C=O) groups is 2. The molecule has 4 rings (SSSR count). The summed E-state index contributed by atoms with van der Waals surface area (Å²) >= 11 is 0. The van der Waals surface area contributed by atoms with Gasteiger partial charge in [-0.3, -0.25) is 9.59 Å². The second-order valence-corrected chi connectivity index (χ2v) is 8.68. The standard InChI is InChI=1S/C26H25N3O2/c1-17-10-11-21(13-23(17)29-14-19-7-5-9-24(30)22(19)15-29)28-25(31)18-6-4-8-20(12-18)26(2,3)16-27/h4-8,10-14,22H,9,15H2,1-3H3,(H,28,31). The number of anilines is 2. The van der Waals surface area contributed by atoms with E-state index in [1.165, 1.54) is 0 Å². The molecule has 2 aromatic carbocycles. The summed E-state index contributed by atoms with van der Waals surface area (Å²) in [6.07, 6.45) is 6.47. The molecule has 156 valence electrons. The van der Waals surface area contributed by atoms with E-state index in [-0.39, 0.29) is 17.6 Å². The molecule has 1 aliphatic carbocycles. The van der Waals surface area contributed by atoms with Crippen molar-refractivity contribution in [3.05, 3.63) is 83.1 Å². The number of hydrogen-bond donors (Lipinski definition) is 1. The molecule has 5 nitrogen and oxygen atoms in total. The van der Waals surface area contributed by atoms with Gasteiger partial charge in [-0.05, 0) is 61.7 Å². The van der Waals surface area contributed by atoms with E-state index in [2.05, 4.69) is 16.3 Å². The summed E-state index contributed by atoms with van der Waals surface area (Å²) in [7, 11) is 0. The average Bonchev–Trinajstić information content (AvgIpc) is 3.20. The highest BCUT2D eigenvalue weighted by molar-refractivity contribution is 6.04. The smallest absolute Gasteiger partial charge is 0.255 e. The van der Waals surface area contributed by atoms with Gasteiger partial charge in [-0.2, -0.15) is 5.26 Å². The van der Waals surface area contributed by atoms with E-state index in [9.17, 15) is 14.9 Å². The molecule has 1 N–H and O–H groups in total. The number of nitrogens with zero attached hydrogens (tertiary/aromatic N) is 2. The SMILES string of the molecule is Cc1ccc(NC(=O)c2cccc(C(C)(C)C#N)c2)cc1N1C=C2C=CCC(=O)C2C1. The molecule has 0 bridgehead atoms. The van der Waals surface area contributed by atoms with Crippen LogP contribution in [0.15, 0.2) is 66.4 Å². The van der Waals surface area contributed by atoms with Gasteiger partial charge in [-0.25, -0.2) is 0 Å². The fraction of sp³-hybridized carbons (Fsp3) is 0.269. The number of rotatable bonds is 4. The van der Waals surface area contributed by atoms with Crippen LogP contribution in [0.25, 0.3) is 0 Å². The lowest BCUT2D eigenvalue weighted by Gasteiger charge is -2.21. The fourth-order valence-electron chi connectivity index (χ4n) is 4.01. The van der Waals surface area contributed by atoms with Crippen molar-refractivity contribution < 1.29 is 9.59 Å². The highest BCUT2D eigenvalue weighted by Gasteiger charge is 2.31. The molecule has 1 amide bonds. The predicted octanol–water partition coefficient (Wildman–Crippen LogP) is 4.90. The van der Waals surface area contributed by atoms with Gasteiger partial charge < -0.3 is 10.2 Å². The Bertz CT molecular complexity index is 1170. The molecular weight excluding hydrogens is 386 g/mol. The van der Waals surface area contributed by atoms with Crippen molar-refractivity contribution in [2.45, 2.75) is 32.6 Å². The Morgan fingerprint density at radius 1 is 1.23 bits per heavy atom. The first-order valence-electron chi connectivity index (χ1n) is 10.4. The molecule has 1 heterocycles. The van der Waals surface area contributed by atoms with Crippen molar-refractivity contribution in [2.24, 2.45) is 5.92 Å². The molecule has 0 saturated carbocycles. The van der Waals surface area contributed by atoms with Crippen LogP contribution in [0.2, 0.25) is 0 Å². The second-order valence-electron chi connectivity index (χ2n) is 8.68. The minimum atomic E-state index is -0.667. The Morgan fingerprint density at radius 3 is 2.77 bits per heavy atom. The van der Waals surface area contributed by atoms with E-state index < -0.39 is 5.41 Å². The molecule has 2 aliphatic rings. The van der Waals surface area contributed by atoms with Crippen molar-refractivity contribution in [1.82, 2.24) is 0 Å². The van der Waals surface area contributed by atoms with E-state index in [4.69, 9.17) is 0 Å². The Labute approximate surface area is 182 Å². The van der Waals surface area contributed by atoms with Crippen LogP contribution in [-0.2, 0) is 10.2 Å². The number of carbonyl (C=O) groups excluding carboxylic acids is 2. The highest BCUT2D eigenvalue weighted by atomic mass is 16.1. The fourth-order valence-corrected chi connectivity index (χ4v) is 4.01. The van der Waals surface area contributed by atoms with E-state index in [1.807, 2.05) is 63.4 Å². The van der Waals surface area contributed by atoms with Crippen molar-refractivity contribution in [2.75, 3.05) is 16.8 Å². The Hall–Kier alpha value is -3.65. The van der Waals surface area contributed by atoms with Crippen LogP contribution in [0.5, 0.6) is 0 Å². The molecule has 31 heavy (non-hydrogen) atoms. The van der Waals surface area contributed by atoms with Crippen LogP contribution in [0.3, 0.4) is 0 Å². The zero-order valence-electron chi connectivity index (χ0n) is 18.0. The molecular formula is C26H25N3O2. The number of allylic oxidation sites excluding steroid dienone is 2. The lowest BCUT2D eigenvalue weighted by molar-refractivity contribution is -0.120. The van der Waals surface area contributed by atoms with Crippen LogP contribution in [-0.4, -0.2) is 18.2 Å². The summed E-state index contributed by atoms with van der Waals surface area (Å²) in [6, 6.07) is 15.2. The van der Waals surface area contributed by atoms with E-state index >= 15 is 0 Å². The number of nitrogens with one attached hydrogen (secondary N) is 1. The van der Waals surface area contributed by atoms with E-state index in [1.54, 1.807) is 18.2 Å². The van der Waals surface area contributed by atoms with Gasteiger partial charge in [0.1, 0.15) is 5.78 Å². The average molecular weight is 412 g/mol. The molecule has 0 radical (unpaired) electrons. The zero-order valence-corrected chi connectivity index (χ0v) is 18.0. The summed E-state index contributed by atoms with van der Waals surface area (Å²) in [6.45, 7) is 6.31. The summed E-state index contributed by atoms with van der Waals surface area (Å²) in [5, 5.41) is 12.3. The molecule has 0 aromatic heterocycles. The third kappa shape index (κ3) is 4.02. The molecule has 0 spiro atoms. The predicted molar refractivity (Wildman–Crippen MR) is 122 cm³/mol. The quantitative estimate of drug-likeness (QED) is 0.777. The highest BCUT2D eigenvalue weighted by Crippen LogP contribution is 2.34. The number of Topliss-reactive ketones (excluding diaryl/α,β-unsaturated/α-hetero) is 1. The largest absolute Gasteiger partial charge is 0.346 e. The molecule has 5 heteroatoms. The molecule has 0 fully saturated rings. The van der Waals surface area contributed by atoms with Gasteiger partial charge in [0, 0.05) is 36.1 Å². The number of nitriles is 1. The molecule has 2 aromatic rings. The number of benzene rings is 2. The maximum atomic E-state index is 12.9. The van der Waals surface area contributed by atoms with E-state index in [0.717, 1.165) is 22.4 Å². The van der Waals surface area contributed by atoms with E-state index in [0.29, 0.717) is 24.2 Å². The minimum absolute atomic E-state index is 0.0751. The van der Waals surface area contributed by atoms with Gasteiger partial charge in [0.2, 0.25) is 0 Å². The summed E-state index contributed by atoms with van der Waals surface area (Å²) in [4.78, 5) is 27.2. The Kier molecular flexibility index (Phi) is 5.24. The zero-order chi connectivity index (χ0) is 22.2.